The molecule has 1 unspecified atom stereocenters. The molecule has 2 aromatic heterocycles. The van der Waals surface area contributed by atoms with E-state index in [2.05, 4.69) is 18.3 Å². The standard InChI is InChI=1S/C26H26N2O3/c1-18-9-10-23(15-19(18)2)30-17-24-11-12-25(31-24)26(29)27-20(3)21-7-6-8-22(16-21)28-13-4-5-14-28/h4-16,20H,17H2,1-3H3,(H,27,29). The van der Waals surface area contributed by atoms with E-state index in [0.717, 1.165) is 17.0 Å². The van der Waals surface area contributed by atoms with Gasteiger partial charge in [-0.05, 0) is 86.0 Å². The van der Waals surface area contributed by atoms with Crippen molar-refractivity contribution in [3.8, 4) is 11.4 Å². The number of hydrogen-bond acceptors (Lipinski definition) is 3. The van der Waals surface area contributed by atoms with Crippen LogP contribution < -0.4 is 10.1 Å². The van der Waals surface area contributed by atoms with E-state index in [1.54, 1.807) is 12.1 Å². The Kier molecular flexibility index (Phi) is 5.94. The molecule has 0 aliphatic carbocycles. The Labute approximate surface area is 182 Å². The van der Waals surface area contributed by atoms with E-state index in [1.165, 1.54) is 11.1 Å². The molecular formula is C26H26N2O3. The second-order valence-electron chi connectivity index (χ2n) is 7.68. The number of carbonyl (C=O) groups is 1. The van der Waals surface area contributed by atoms with E-state index in [4.69, 9.17) is 9.15 Å². The third-order valence-corrected chi connectivity index (χ3v) is 5.37. The molecule has 0 spiro atoms. The maximum absolute atomic E-state index is 12.7. The molecule has 5 nitrogen and oxygen atoms in total. The lowest BCUT2D eigenvalue weighted by Gasteiger charge is -2.15. The molecule has 1 atom stereocenters. The zero-order valence-electron chi connectivity index (χ0n) is 18.0. The molecule has 0 aliphatic heterocycles. The minimum Gasteiger partial charge on any atom is -0.486 e. The van der Waals surface area contributed by atoms with Crippen LogP contribution in [-0.2, 0) is 6.61 Å². The average molecular weight is 415 g/mol. The highest BCUT2D eigenvalue weighted by Gasteiger charge is 2.16. The number of ether oxygens (including phenoxy) is 1. The van der Waals surface area contributed by atoms with E-state index in [-0.39, 0.29) is 24.3 Å². The minimum atomic E-state index is -0.253. The molecule has 4 rings (SSSR count). The van der Waals surface area contributed by atoms with Crippen LogP contribution in [0.15, 0.2) is 83.5 Å². The normalized spacial score (nSPS) is 11.8. The fourth-order valence-corrected chi connectivity index (χ4v) is 3.35. The molecule has 2 aromatic carbocycles. The lowest BCUT2D eigenvalue weighted by Crippen LogP contribution is -2.26. The molecule has 0 fully saturated rings. The van der Waals surface area contributed by atoms with Crippen LogP contribution in [-0.4, -0.2) is 10.5 Å². The first kappa shape index (κ1) is 20.5. The average Bonchev–Trinajstić information content (AvgIpc) is 3.47. The van der Waals surface area contributed by atoms with Gasteiger partial charge in [0.2, 0.25) is 0 Å². The number of aryl methyl sites for hydroxylation is 2. The number of hydrogen-bond donors (Lipinski definition) is 1. The molecule has 1 N–H and O–H groups in total. The number of aromatic nitrogens is 1. The smallest absolute Gasteiger partial charge is 0.287 e. The predicted octanol–water partition coefficient (Wildman–Crippen LogP) is 5.76. The fourth-order valence-electron chi connectivity index (χ4n) is 3.35. The van der Waals surface area contributed by atoms with Crippen molar-refractivity contribution in [1.82, 2.24) is 9.88 Å². The molecule has 0 bridgehead atoms. The summed E-state index contributed by atoms with van der Waals surface area (Å²) in [6, 6.07) is 21.3. The first-order valence-corrected chi connectivity index (χ1v) is 10.3. The van der Waals surface area contributed by atoms with Crippen molar-refractivity contribution in [2.75, 3.05) is 0 Å². The monoisotopic (exact) mass is 414 g/mol. The topological polar surface area (TPSA) is 56.4 Å². The molecule has 2 heterocycles. The van der Waals surface area contributed by atoms with E-state index in [0.29, 0.717) is 5.76 Å². The number of rotatable bonds is 7. The first-order chi connectivity index (χ1) is 15.0. The SMILES string of the molecule is Cc1ccc(OCc2ccc(C(=O)NC(C)c3cccc(-n4cccc4)c3)o2)cc1C. The number of carbonyl (C=O) groups excluding carboxylic acids is 1. The van der Waals surface area contributed by atoms with Gasteiger partial charge in [-0.15, -0.1) is 0 Å². The second kappa shape index (κ2) is 8.96. The number of nitrogens with one attached hydrogen (secondary N) is 1. The van der Waals surface area contributed by atoms with Crippen LogP contribution in [0.1, 0.15) is 46.0 Å². The van der Waals surface area contributed by atoms with Crippen LogP contribution in [0.5, 0.6) is 5.75 Å². The summed E-state index contributed by atoms with van der Waals surface area (Å²) in [5, 5.41) is 3.00. The molecule has 0 saturated heterocycles. The van der Waals surface area contributed by atoms with Gasteiger partial charge in [0.05, 0.1) is 6.04 Å². The van der Waals surface area contributed by atoms with Gasteiger partial charge in [-0.25, -0.2) is 0 Å². The summed E-state index contributed by atoms with van der Waals surface area (Å²) in [5.41, 5.74) is 4.46. The van der Waals surface area contributed by atoms with E-state index in [1.807, 2.05) is 79.3 Å². The van der Waals surface area contributed by atoms with E-state index in [9.17, 15) is 4.79 Å². The van der Waals surface area contributed by atoms with E-state index < -0.39 is 0 Å². The van der Waals surface area contributed by atoms with Crippen LogP contribution >= 0.6 is 0 Å². The minimum absolute atomic E-state index is 0.164. The summed E-state index contributed by atoms with van der Waals surface area (Å²) in [7, 11) is 0. The lowest BCUT2D eigenvalue weighted by atomic mass is 10.1. The summed E-state index contributed by atoms with van der Waals surface area (Å²) in [6.07, 6.45) is 3.99. The molecule has 0 aliphatic rings. The van der Waals surface area contributed by atoms with Crippen molar-refractivity contribution >= 4 is 5.91 Å². The summed E-state index contributed by atoms with van der Waals surface area (Å²) >= 11 is 0. The number of nitrogens with zero attached hydrogens (tertiary/aromatic N) is 1. The van der Waals surface area contributed by atoms with Gasteiger partial charge in [-0.2, -0.15) is 0 Å². The second-order valence-corrected chi connectivity index (χ2v) is 7.68. The molecule has 1 amide bonds. The molecule has 0 saturated carbocycles. The highest BCUT2D eigenvalue weighted by Crippen LogP contribution is 2.20. The van der Waals surface area contributed by atoms with Gasteiger partial charge in [-0.1, -0.05) is 18.2 Å². The van der Waals surface area contributed by atoms with Gasteiger partial charge < -0.3 is 19.0 Å². The maximum Gasteiger partial charge on any atom is 0.287 e. The maximum atomic E-state index is 12.7. The molecule has 4 aromatic rings. The molecular weight excluding hydrogens is 388 g/mol. The van der Waals surface area contributed by atoms with Crippen LogP contribution in [0.2, 0.25) is 0 Å². The van der Waals surface area contributed by atoms with Crippen LogP contribution in [0.4, 0.5) is 0 Å². The van der Waals surface area contributed by atoms with Gasteiger partial charge >= 0.3 is 0 Å². The highest BCUT2D eigenvalue weighted by atomic mass is 16.5. The Morgan fingerprint density at radius 1 is 1.00 bits per heavy atom. The Morgan fingerprint density at radius 3 is 2.58 bits per heavy atom. The van der Waals surface area contributed by atoms with Crippen molar-refractivity contribution in [3.63, 3.8) is 0 Å². The Balaban J connectivity index is 1.37. The predicted molar refractivity (Wildman–Crippen MR) is 121 cm³/mol. The van der Waals surface area contributed by atoms with Crippen molar-refractivity contribution < 1.29 is 13.9 Å². The zero-order chi connectivity index (χ0) is 21.8. The van der Waals surface area contributed by atoms with Crippen molar-refractivity contribution in [3.05, 3.63) is 107 Å². The van der Waals surface area contributed by atoms with Crippen LogP contribution in [0.3, 0.4) is 0 Å². The van der Waals surface area contributed by atoms with Gasteiger partial charge in [0.1, 0.15) is 18.1 Å². The molecule has 0 radical (unpaired) electrons. The quantitative estimate of drug-likeness (QED) is 0.418. The summed E-state index contributed by atoms with van der Waals surface area (Å²) in [4.78, 5) is 12.7. The van der Waals surface area contributed by atoms with Crippen LogP contribution in [0, 0.1) is 13.8 Å². The Bertz CT molecular complexity index is 1180. The molecule has 158 valence electrons. The highest BCUT2D eigenvalue weighted by molar-refractivity contribution is 5.91. The van der Waals surface area contributed by atoms with Crippen molar-refractivity contribution in [1.29, 1.82) is 0 Å². The number of amides is 1. The first-order valence-electron chi connectivity index (χ1n) is 10.3. The van der Waals surface area contributed by atoms with E-state index >= 15 is 0 Å². The van der Waals surface area contributed by atoms with Gasteiger partial charge in [0.25, 0.3) is 5.91 Å². The van der Waals surface area contributed by atoms with Gasteiger partial charge in [0.15, 0.2) is 5.76 Å². The molecule has 5 heteroatoms. The summed E-state index contributed by atoms with van der Waals surface area (Å²) < 4.78 is 13.5. The fraction of sp³-hybridized carbons (Fsp3) is 0.192. The number of furan rings is 1. The van der Waals surface area contributed by atoms with Crippen molar-refractivity contribution in [2.45, 2.75) is 33.4 Å². The Morgan fingerprint density at radius 2 is 1.81 bits per heavy atom. The van der Waals surface area contributed by atoms with Crippen molar-refractivity contribution in [2.24, 2.45) is 0 Å². The lowest BCUT2D eigenvalue weighted by molar-refractivity contribution is 0.0907. The molecule has 31 heavy (non-hydrogen) atoms. The van der Waals surface area contributed by atoms with Gasteiger partial charge in [-0.3, -0.25) is 4.79 Å². The Hall–Kier alpha value is -3.73. The van der Waals surface area contributed by atoms with Crippen LogP contribution in [0.25, 0.3) is 5.69 Å². The zero-order valence-corrected chi connectivity index (χ0v) is 18.0. The number of benzene rings is 2. The largest absolute Gasteiger partial charge is 0.486 e. The third kappa shape index (κ3) is 4.89. The third-order valence-electron chi connectivity index (χ3n) is 5.37. The summed E-state index contributed by atoms with van der Waals surface area (Å²) in [5.74, 6) is 1.40. The summed E-state index contributed by atoms with van der Waals surface area (Å²) in [6.45, 7) is 6.34. The van der Waals surface area contributed by atoms with Gasteiger partial charge in [0, 0.05) is 18.1 Å².